The van der Waals surface area contributed by atoms with Crippen LogP contribution in [0.15, 0.2) is 59.4 Å². The number of benzene rings is 2. The van der Waals surface area contributed by atoms with Gasteiger partial charge in [0.15, 0.2) is 0 Å². The highest BCUT2D eigenvalue weighted by molar-refractivity contribution is 6.38. The summed E-state index contributed by atoms with van der Waals surface area (Å²) in [6, 6.07) is 12.3. The number of rotatable bonds is 2. The molecule has 140 valence electrons. The fraction of sp³-hybridized carbons (Fsp3) is 0. The Balaban J connectivity index is 2.11. The van der Waals surface area contributed by atoms with Gasteiger partial charge in [0, 0.05) is 23.1 Å². The van der Waals surface area contributed by atoms with Gasteiger partial charge in [-0.05, 0) is 36.4 Å². The Kier molecular flexibility index (Phi) is 4.83. The molecular weight excluding hydrogens is 429 g/mol. The van der Waals surface area contributed by atoms with E-state index in [1.807, 2.05) is 0 Å². The first-order valence-electron chi connectivity index (χ1n) is 7.99. The quantitative estimate of drug-likeness (QED) is 0.345. The number of halogens is 5. The monoisotopic (exact) mass is 436 g/mol. The summed E-state index contributed by atoms with van der Waals surface area (Å²) < 4.78 is 28.8. The van der Waals surface area contributed by atoms with Gasteiger partial charge >= 0.3 is 0 Å². The van der Waals surface area contributed by atoms with E-state index in [9.17, 15) is 13.6 Å². The van der Waals surface area contributed by atoms with E-state index in [0.717, 1.165) is 12.1 Å². The third-order valence-corrected chi connectivity index (χ3v) is 5.11. The van der Waals surface area contributed by atoms with Gasteiger partial charge in [0.25, 0.3) is 5.56 Å². The summed E-state index contributed by atoms with van der Waals surface area (Å²) in [5.74, 6) is -1.52. The molecule has 0 saturated carbocycles. The third-order valence-electron chi connectivity index (χ3n) is 4.21. The van der Waals surface area contributed by atoms with Gasteiger partial charge in [0.2, 0.25) is 0 Å². The standard InChI is InChI=1S/C20H9Cl3F2N2O/c21-13-2-1-3-14(22)19(13)27-17-9-16(11-5-4-10(24)8-15(11)25)26-20(23)12(17)6-7-18(27)28/h1-9H. The minimum absolute atomic E-state index is 0.0401. The minimum Gasteiger partial charge on any atom is -0.274 e. The first-order valence-corrected chi connectivity index (χ1v) is 9.12. The molecule has 0 atom stereocenters. The molecule has 2 aromatic carbocycles. The van der Waals surface area contributed by atoms with Crippen molar-refractivity contribution in [1.29, 1.82) is 0 Å². The Labute approximate surface area is 172 Å². The van der Waals surface area contributed by atoms with Gasteiger partial charge in [-0.2, -0.15) is 0 Å². The molecule has 0 aliphatic carbocycles. The SMILES string of the molecule is O=c1ccc2c(Cl)nc(-c3ccc(F)cc3F)cc2n1-c1c(Cl)cccc1Cl. The van der Waals surface area contributed by atoms with Crippen molar-refractivity contribution in [3.05, 3.63) is 91.8 Å². The van der Waals surface area contributed by atoms with Crippen LogP contribution in [-0.4, -0.2) is 9.55 Å². The van der Waals surface area contributed by atoms with Gasteiger partial charge in [0.1, 0.15) is 16.8 Å². The Hall–Kier alpha value is -2.47. The Morgan fingerprint density at radius 1 is 0.893 bits per heavy atom. The highest BCUT2D eigenvalue weighted by Crippen LogP contribution is 2.33. The van der Waals surface area contributed by atoms with E-state index in [1.54, 1.807) is 18.2 Å². The number of fused-ring (bicyclic) bond motifs is 1. The molecule has 0 N–H and O–H groups in total. The predicted octanol–water partition coefficient (Wildman–Crippen LogP) is 6.29. The number of hydrogen-bond donors (Lipinski definition) is 0. The number of hydrogen-bond acceptors (Lipinski definition) is 2. The summed E-state index contributed by atoms with van der Waals surface area (Å²) in [5.41, 5.74) is 0.376. The molecule has 4 aromatic rings. The van der Waals surface area contributed by atoms with Crippen molar-refractivity contribution < 1.29 is 8.78 Å². The van der Waals surface area contributed by atoms with Gasteiger partial charge in [-0.1, -0.05) is 40.9 Å². The summed E-state index contributed by atoms with van der Waals surface area (Å²) in [4.78, 5) is 16.9. The van der Waals surface area contributed by atoms with E-state index < -0.39 is 17.2 Å². The van der Waals surface area contributed by atoms with Gasteiger partial charge in [-0.15, -0.1) is 0 Å². The average molecular weight is 438 g/mol. The van der Waals surface area contributed by atoms with Crippen molar-refractivity contribution in [3.63, 3.8) is 0 Å². The Bertz CT molecular complexity index is 1280. The van der Waals surface area contributed by atoms with Gasteiger partial charge in [0.05, 0.1) is 26.9 Å². The summed E-state index contributed by atoms with van der Waals surface area (Å²) in [5, 5.41) is 1.01. The molecular formula is C20H9Cl3F2N2O. The molecule has 0 aliphatic heterocycles. The number of nitrogens with zero attached hydrogens (tertiary/aromatic N) is 2. The average Bonchev–Trinajstić information content (AvgIpc) is 2.63. The van der Waals surface area contributed by atoms with E-state index in [1.165, 1.54) is 28.8 Å². The molecule has 3 nitrogen and oxygen atoms in total. The van der Waals surface area contributed by atoms with Crippen molar-refractivity contribution in [2.24, 2.45) is 0 Å². The van der Waals surface area contributed by atoms with Gasteiger partial charge in [-0.25, -0.2) is 13.8 Å². The van der Waals surface area contributed by atoms with Crippen LogP contribution in [0.5, 0.6) is 0 Å². The Morgan fingerprint density at radius 2 is 1.61 bits per heavy atom. The third kappa shape index (κ3) is 3.15. The lowest BCUT2D eigenvalue weighted by Gasteiger charge is -2.15. The van der Waals surface area contributed by atoms with Crippen LogP contribution in [-0.2, 0) is 0 Å². The molecule has 0 amide bonds. The van der Waals surface area contributed by atoms with Crippen molar-refractivity contribution in [2.75, 3.05) is 0 Å². The van der Waals surface area contributed by atoms with Crippen LogP contribution in [0.3, 0.4) is 0 Å². The van der Waals surface area contributed by atoms with E-state index in [0.29, 0.717) is 10.9 Å². The van der Waals surface area contributed by atoms with Crippen molar-refractivity contribution in [1.82, 2.24) is 9.55 Å². The normalized spacial score (nSPS) is 11.2. The second-order valence-electron chi connectivity index (χ2n) is 5.93. The smallest absolute Gasteiger partial charge is 0.255 e. The lowest BCUT2D eigenvalue weighted by molar-refractivity contribution is 0.585. The van der Waals surface area contributed by atoms with Crippen LogP contribution in [0.1, 0.15) is 0 Å². The lowest BCUT2D eigenvalue weighted by Crippen LogP contribution is -2.18. The molecule has 0 spiro atoms. The zero-order chi connectivity index (χ0) is 20.0. The molecule has 0 aliphatic rings. The largest absolute Gasteiger partial charge is 0.274 e. The number of pyridine rings is 2. The molecule has 8 heteroatoms. The summed E-state index contributed by atoms with van der Waals surface area (Å²) in [7, 11) is 0. The predicted molar refractivity (Wildman–Crippen MR) is 108 cm³/mol. The van der Waals surface area contributed by atoms with Crippen LogP contribution in [0.2, 0.25) is 15.2 Å². The fourth-order valence-electron chi connectivity index (χ4n) is 2.97. The zero-order valence-corrected chi connectivity index (χ0v) is 16.2. The minimum atomic E-state index is -0.802. The maximum absolute atomic E-state index is 14.3. The molecule has 28 heavy (non-hydrogen) atoms. The maximum atomic E-state index is 14.3. The molecule has 0 radical (unpaired) electrons. The summed E-state index contributed by atoms with van der Waals surface area (Å²) >= 11 is 18.9. The fourth-order valence-corrected chi connectivity index (χ4v) is 3.78. The maximum Gasteiger partial charge on any atom is 0.255 e. The molecule has 4 rings (SSSR count). The van der Waals surface area contributed by atoms with E-state index >= 15 is 0 Å². The van der Waals surface area contributed by atoms with E-state index in [-0.39, 0.29) is 32.1 Å². The molecule has 0 bridgehead atoms. The molecule has 0 unspecified atom stereocenters. The van der Waals surface area contributed by atoms with Crippen molar-refractivity contribution in [3.8, 4) is 16.9 Å². The van der Waals surface area contributed by atoms with E-state index in [4.69, 9.17) is 34.8 Å². The highest BCUT2D eigenvalue weighted by Gasteiger charge is 2.17. The zero-order valence-electron chi connectivity index (χ0n) is 13.9. The first-order chi connectivity index (χ1) is 13.4. The van der Waals surface area contributed by atoms with Crippen LogP contribution >= 0.6 is 34.8 Å². The van der Waals surface area contributed by atoms with Crippen LogP contribution in [0.25, 0.3) is 27.8 Å². The number of aromatic nitrogens is 2. The molecule has 0 fully saturated rings. The second kappa shape index (κ2) is 7.17. The van der Waals surface area contributed by atoms with Crippen molar-refractivity contribution >= 4 is 45.7 Å². The van der Waals surface area contributed by atoms with E-state index in [2.05, 4.69) is 4.98 Å². The van der Waals surface area contributed by atoms with Crippen LogP contribution in [0, 0.1) is 11.6 Å². The second-order valence-corrected chi connectivity index (χ2v) is 7.10. The number of para-hydroxylation sites is 1. The highest BCUT2D eigenvalue weighted by atomic mass is 35.5. The molecule has 2 aromatic heterocycles. The lowest BCUT2D eigenvalue weighted by atomic mass is 10.1. The topological polar surface area (TPSA) is 34.9 Å². The van der Waals surface area contributed by atoms with Crippen LogP contribution in [0.4, 0.5) is 8.78 Å². The first kappa shape index (κ1) is 18.9. The molecule has 0 saturated heterocycles. The van der Waals surface area contributed by atoms with Crippen LogP contribution < -0.4 is 5.56 Å². The van der Waals surface area contributed by atoms with Crippen molar-refractivity contribution in [2.45, 2.75) is 0 Å². The summed E-state index contributed by atoms with van der Waals surface area (Å²) in [6.07, 6.45) is 0. The van der Waals surface area contributed by atoms with Gasteiger partial charge < -0.3 is 0 Å². The summed E-state index contributed by atoms with van der Waals surface area (Å²) in [6.45, 7) is 0. The van der Waals surface area contributed by atoms with Gasteiger partial charge in [-0.3, -0.25) is 9.36 Å². The molecule has 2 heterocycles. The Morgan fingerprint density at radius 3 is 2.29 bits per heavy atom.